The zero-order valence-corrected chi connectivity index (χ0v) is 9.98. The van der Waals surface area contributed by atoms with Crippen LogP contribution < -0.4 is 5.32 Å². The third kappa shape index (κ3) is 2.87. The van der Waals surface area contributed by atoms with Crippen LogP contribution in [0, 0.1) is 0 Å². The number of esters is 1. The highest BCUT2D eigenvalue weighted by molar-refractivity contribution is 5.81. The van der Waals surface area contributed by atoms with Crippen molar-refractivity contribution in [3.63, 3.8) is 0 Å². The molecular formula is C14H17NO2. The molecule has 1 aliphatic rings. The van der Waals surface area contributed by atoms with Crippen LogP contribution >= 0.6 is 0 Å². The molecule has 0 spiro atoms. The molecule has 0 radical (unpaired) electrons. The van der Waals surface area contributed by atoms with E-state index >= 15 is 0 Å². The molecule has 1 aromatic carbocycles. The van der Waals surface area contributed by atoms with Crippen LogP contribution in [0.5, 0.6) is 0 Å². The number of hydrogen-bond donors (Lipinski definition) is 1. The van der Waals surface area contributed by atoms with Gasteiger partial charge in [-0.2, -0.15) is 0 Å². The van der Waals surface area contributed by atoms with E-state index in [4.69, 9.17) is 0 Å². The smallest absolute Gasteiger partial charge is 0.331 e. The minimum Gasteiger partial charge on any atom is -0.466 e. The Morgan fingerprint density at radius 1 is 1.47 bits per heavy atom. The average Bonchev–Trinajstić information content (AvgIpc) is 2.39. The lowest BCUT2D eigenvalue weighted by Crippen LogP contribution is -2.21. The standard InChI is InChI=1S/C14H17NO2/c1-17-14(16)9-10-15-13-8-4-6-11-5-2-3-7-12(11)13/h2-3,5,7,9-10,13,15H,4,6,8H2,1H3/b10-9+. The summed E-state index contributed by atoms with van der Waals surface area (Å²) in [4.78, 5) is 11.0. The molecule has 0 saturated carbocycles. The van der Waals surface area contributed by atoms with Gasteiger partial charge in [-0.1, -0.05) is 24.3 Å². The molecule has 3 nitrogen and oxygen atoms in total. The monoisotopic (exact) mass is 231 g/mol. The molecule has 0 bridgehead atoms. The number of carbonyl (C=O) groups is 1. The Morgan fingerprint density at radius 2 is 2.29 bits per heavy atom. The van der Waals surface area contributed by atoms with E-state index in [1.807, 2.05) is 0 Å². The summed E-state index contributed by atoms with van der Waals surface area (Å²) in [6.45, 7) is 0. The number of benzene rings is 1. The van der Waals surface area contributed by atoms with Gasteiger partial charge >= 0.3 is 5.97 Å². The fourth-order valence-electron chi connectivity index (χ4n) is 2.23. The third-order valence-corrected chi connectivity index (χ3v) is 3.09. The average molecular weight is 231 g/mol. The summed E-state index contributed by atoms with van der Waals surface area (Å²) in [5.41, 5.74) is 2.75. The minimum atomic E-state index is -0.332. The molecular weight excluding hydrogens is 214 g/mol. The van der Waals surface area contributed by atoms with Crippen molar-refractivity contribution in [2.45, 2.75) is 25.3 Å². The van der Waals surface area contributed by atoms with Crippen molar-refractivity contribution in [1.82, 2.24) is 5.32 Å². The van der Waals surface area contributed by atoms with Gasteiger partial charge in [-0.15, -0.1) is 0 Å². The van der Waals surface area contributed by atoms with Crippen LogP contribution in [0.2, 0.25) is 0 Å². The summed E-state index contributed by atoms with van der Waals surface area (Å²) < 4.78 is 4.54. The molecule has 0 aliphatic heterocycles. The quantitative estimate of drug-likeness (QED) is 0.641. The molecule has 0 aromatic heterocycles. The van der Waals surface area contributed by atoms with E-state index in [9.17, 15) is 4.79 Å². The summed E-state index contributed by atoms with van der Waals surface area (Å²) in [6, 6.07) is 8.76. The number of fused-ring (bicyclic) bond motifs is 1. The molecule has 0 amide bonds. The van der Waals surface area contributed by atoms with Gasteiger partial charge in [0.15, 0.2) is 0 Å². The first-order valence-corrected chi connectivity index (χ1v) is 5.89. The molecule has 1 aromatic rings. The number of aryl methyl sites for hydroxylation is 1. The zero-order valence-electron chi connectivity index (χ0n) is 9.98. The van der Waals surface area contributed by atoms with E-state index in [0.717, 1.165) is 12.8 Å². The Labute approximate surface area is 101 Å². The van der Waals surface area contributed by atoms with E-state index in [0.29, 0.717) is 6.04 Å². The SMILES string of the molecule is COC(=O)/C=C/NC1CCCc2ccccc21. The number of ether oxygens (including phenoxy) is 1. The predicted octanol–water partition coefficient (Wildman–Crippen LogP) is 2.34. The molecule has 0 fully saturated rings. The van der Waals surface area contributed by atoms with Crippen molar-refractivity contribution in [1.29, 1.82) is 0 Å². The van der Waals surface area contributed by atoms with Crippen molar-refractivity contribution in [2.75, 3.05) is 7.11 Å². The van der Waals surface area contributed by atoms with E-state index in [1.54, 1.807) is 6.20 Å². The normalized spacial score (nSPS) is 18.8. The van der Waals surface area contributed by atoms with Gasteiger partial charge in [0.1, 0.15) is 0 Å². The second-order valence-electron chi connectivity index (χ2n) is 4.17. The number of methoxy groups -OCH3 is 1. The van der Waals surface area contributed by atoms with Gasteiger partial charge in [0.05, 0.1) is 13.2 Å². The second kappa shape index (κ2) is 5.53. The van der Waals surface area contributed by atoms with Crippen LogP contribution in [-0.2, 0) is 16.0 Å². The molecule has 1 aliphatic carbocycles. The maximum Gasteiger partial charge on any atom is 0.331 e. The first kappa shape index (κ1) is 11.7. The highest BCUT2D eigenvalue weighted by Gasteiger charge is 2.17. The van der Waals surface area contributed by atoms with Crippen molar-refractivity contribution < 1.29 is 9.53 Å². The summed E-state index contributed by atoms with van der Waals surface area (Å²) in [7, 11) is 1.38. The maximum absolute atomic E-state index is 11.0. The summed E-state index contributed by atoms with van der Waals surface area (Å²) >= 11 is 0. The van der Waals surface area contributed by atoms with E-state index in [1.165, 1.54) is 30.7 Å². The van der Waals surface area contributed by atoms with Crippen LogP contribution in [-0.4, -0.2) is 13.1 Å². The topological polar surface area (TPSA) is 38.3 Å². The second-order valence-corrected chi connectivity index (χ2v) is 4.17. The summed E-state index contributed by atoms with van der Waals surface area (Å²) in [6.07, 6.45) is 6.52. The highest BCUT2D eigenvalue weighted by Crippen LogP contribution is 2.29. The largest absolute Gasteiger partial charge is 0.466 e. The van der Waals surface area contributed by atoms with Crippen LogP contribution in [0.25, 0.3) is 0 Å². The third-order valence-electron chi connectivity index (χ3n) is 3.09. The molecule has 2 rings (SSSR count). The van der Waals surface area contributed by atoms with Gasteiger partial charge in [0, 0.05) is 12.3 Å². The fraction of sp³-hybridized carbons (Fsp3) is 0.357. The molecule has 1 N–H and O–H groups in total. The van der Waals surface area contributed by atoms with Gasteiger partial charge < -0.3 is 10.1 Å². The van der Waals surface area contributed by atoms with E-state index in [2.05, 4.69) is 34.3 Å². The van der Waals surface area contributed by atoms with E-state index < -0.39 is 0 Å². The molecule has 0 saturated heterocycles. The number of nitrogens with one attached hydrogen (secondary N) is 1. The minimum absolute atomic E-state index is 0.306. The van der Waals surface area contributed by atoms with E-state index in [-0.39, 0.29) is 5.97 Å². The maximum atomic E-state index is 11.0. The van der Waals surface area contributed by atoms with Crippen molar-refractivity contribution in [3.05, 3.63) is 47.7 Å². The fourth-order valence-corrected chi connectivity index (χ4v) is 2.23. The molecule has 3 heteroatoms. The summed E-state index contributed by atoms with van der Waals surface area (Å²) in [5, 5.41) is 3.26. The van der Waals surface area contributed by atoms with Crippen molar-refractivity contribution >= 4 is 5.97 Å². The Kier molecular flexibility index (Phi) is 3.81. The lowest BCUT2D eigenvalue weighted by Gasteiger charge is -2.25. The Balaban J connectivity index is 2.04. The Morgan fingerprint density at radius 3 is 3.12 bits per heavy atom. The first-order chi connectivity index (χ1) is 8.31. The predicted molar refractivity (Wildman–Crippen MR) is 66.4 cm³/mol. The zero-order chi connectivity index (χ0) is 12.1. The van der Waals surface area contributed by atoms with Crippen LogP contribution in [0.1, 0.15) is 30.0 Å². The number of rotatable bonds is 3. The lowest BCUT2D eigenvalue weighted by atomic mass is 9.88. The van der Waals surface area contributed by atoms with Crippen LogP contribution in [0.15, 0.2) is 36.5 Å². The molecule has 1 atom stereocenters. The lowest BCUT2D eigenvalue weighted by molar-refractivity contribution is -0.134. The number of hydrogen-bond acceptors (Lipinski definition) is 3. The Bertz CT molecular complexity index is 426. The molecule has 0 heterocycles. The first-order valence-electron chi connectivity index (χ1n) is 5.89. The van der Waals surface area contributed by atoms with Gasteiger partial charge in [-0.25, -0.2) is 4.79 Å². The van der Waals surface area contributed by atoms with Crippen molar-refractivity contribution in [3.8, 4) is 0 Å². The highest BCUT2D eigenvalue weighted by atomic mass is 16.5. The van der Waals surface area contributed by atoms with Gasteiger partial charge in [-0.3, -0.25) is 0 Å². The van der Waals surface area contributed by atoms with Gasteiger partial charge in [0.25, 0.3) is 0 Å². The molecule has 17 heavy (non-hydrogen) atoms. The molecule has 90 valence electrons. The Hall–Kier alpha value is -1.77. The molecule has 1 unspecified atom stereocenters. The van der Waals surface area contributed by atoms with Crippen LogP contribution in [0.4, 0.5) is 0 Å². The summed E-state index contributed by atoms with van der Waals surface area (Å²) in [5.74, 6) is -0.332. The number of carbonyl (C=O) groups excluding carboxylic acids is 1. The van der Waals surface area contributed by atoms with Gasteiger partial charge in [0.2, 0.25) is 0 Å². The van der Waals surface area contributed by atoms with Crippen LogP contribution in [0.3, 0.4) is 0 Å². The van der Waals surface area contributed by atoms with Crippen molar-refractivity contribution in [2.24, 2.45) is 0 Å². The van der Waals surface area contributed by atoms with Gasteiger partial charge in [-0.05, 0) is 30.4 Å².